The van der Waals surface area contributed by atoms with Crippen LogP contribution < -0.4 is 0 Å². The third kappa shape index (κ3) is 2.27. The fraction of sp³-hybridized carbons (Fsp3) is 0.600. The van der Waals surface area contributed by atoms with E-state index in [4.69, 9.17) is 16.9 Å². The van der Waals surface area contributed by atoms with Crippen molar-refractivity contribution in [2.75, 3.05) is 0 Å². The number of aromatic nitrogens is 2. The Kier molecular flexibility index (Phi) is 3.54. The van der Waals surface area contributed by atoms with Crippen LogP contribution in [0.2, 0.25) is 5.15 Å². The molecule has 0 aromatic carbocycles. The smallest absolute Gasteiger partial charge is 0.132 e. The molecular formula is C10H14ClN3. The molecule has 76 valence electrons. The van der Waals surface area contributed by atoms with Gasteiger partial charge in [-0.1, -0.05) is 25.4 Å². The molecular weight excluding hydrogens is 198 g/mol. The molecule has 0 aliphatic rings. The summed E-state index contributed by atoms with van der Waals surface area (Å²) in [6.07, 6.45) is 1.17. The van der Waals surface area contributed by atoms with Crippen LogP contribution in [0.5, 0.6) is 0 Å². The van der Waals surface area contributed by atoms with Gasteiger partial charge in [-0.3, -0.25) is 0 Å². The lowest BCUT2D eigenvalue weighted by molar-refractivity contribution is 0.602. The SMILES string of the molecule is CC(C)Cc1nc(CC#N)c(Cl)n1C. The van der Waals surface area contributed by atoms with Gasteiger partial charge in [0.2, 0.25) is 0 Å². The number of rotatable bonds is 3. The quantitative estimate of drug-likeness (QED) is 0.770. The molecule has 3 nitrogen and oxygen atoms in total. The van der Waals surface area contributed by atoms with Crippen LogP contribution in [-0.2, 0) is 19.9 Å². The van der Waals surface area contributed by atoms with E-state index in [2.05, 4.69) is 24.9 Å². The van der Waals surface area contributed by atoms with Crippen molar-refractivity contribution in [3.05, 3.63) is 16.7 Å². The van der Waals surface area contributed by atoms with Crippen molar-refractivity contribution >= 4 is 11.6 Å². The molecule has 0 N–H and O–H groups in total. The van der Waals surface area contributed by atoms with Crippen molar-refractivity contribution in [2.24, 2.45) is 13.0 Å². The number of hydrogen-bond acceptors (Lipinski definition) is 2. The van der Waals surface area contributed by atoms with Gasteiger partial charge < -0.3 is 4.57 Å². The second-order valence-corrected chi connectivity index (χ2v) is 4.12. The van der Waals surface area contributed by atoms with Gasteiger partial charge in [-0.25, -0.2) is 4.98 Å². The van der Waals surface area contributed by atoms with Gasteiger partial charge in [0.25, 0.3) is 0 Å². The first kappa shape index (κ1) is 11.1. The highest BCUT2D eigenvalue weighted by Crippen LogP contribution is 2.18. The van der Waals surface area contributed by atoms with Crippen molar-refractivity contribution in [2.45, 2.75) is 26.7 Å². The summed E-state index contributed by atoms with van der Waals surface area (Å²) in [5, 5.41) is 9.15. The first-order chi connectivity index (χ1) is 6.56. The lowest BCUT2D eigenvalue weighted by Crippen LogP contribution is -2.02. The fourth-order valence-corrected chi connectivity index (χ4v) is 1.53. The van der Waals surface area contributed by atoms with Crippen LogP contribution in [0.25, 0.3) is 0 Å². The van der Waals surface area contributed by atoms with Crippen LogP contribution in [0.3, 0.4) is 0 Å². The Morgan fingerprint density at radius 3 is 2.71 bits per heavy atom. The Hall–Kier alpha value is -1.01. The van der Waals surface area contributed by atoms with E-state index >= 15 is 0 Å². The second-order valence-electron chi connectivity index (χ2n) is 3.76. The Morgan fingerprint density at radius 2 is 2.21 bits per heavy atom. The third-order valence-electron chi connectivity index (χ3n) is 2.02. The summed E-state index contributed by atoms with van der Waals surface area (Å²) in [7, 11) is 1.88. The summed E-state index contributed by atoms with van der Waals surface area (Å²) in [6, 6.07) is 2.06. The topological polar surface area (TPSA) is 41.6 Å². The normalized spacial score (nSPS) is 10.6. The molecule has 0 radical (unpaired) electrons. The largest absolute Gasteiger partial charge is 0.322 e. The van der Waals surface area contributed by atoms with Gasteiger partial charge in [0, 0.05) is 13.5 Å². The number of imidazole rings is 1. The van der Waals surface area contributed by atoms with Crippen molar-refractivity contribution in [3.8, 4) is 6.07 Å². The van der Waals surface area contributed by atoms with Crippen molar-refractivity contribution in [1.29, 1.82) is 5.26 Å². The van der Waals surface area contributed by atoms with Crippen molar-refractivity contribution in [1.82, 2.24) is 9.55 Å². The molecule has 0 fully saturated rings. The van der Waals surface area contributed by atoms with E-state index in [0.717, 1.165) is 12.2 Å². The predicted octanol–water partition coefficient (Wildman–Crippen LogP) is 2.34. The van der Waals surface area contributed by atoms with Gasteiger partial charge in [-0.05, 0) is 5.92 Å². The molecule has 0 spiro atoms. The summed E-state index contributed by atoms with van der Waals surface area (Å²) >= 11 is 6.03. The molecule has 0 bridgehead atoms. The second kappa shape index (κ2) is 4.47. The molecule has 0 atom stereocenters. The molecule has 1 aromatic heterocycles. The van der Waals surface area contributed by atoms with Crippen LogP contribution in [0.4, 0.5) is 0 Å². The minimum Gasteiger partial charge on any atom is -0.322 e. The van der Waals surface area contributed by atoms with Gasteiger partial charge in [-0.15, -0.1) is 0 Å². The van der Waals surface area contributed by atoms with Crippen LogP contribution >= 0.6 is 11.6 Å². The Bertz CT molecular complexity index is 360. The molecule has 0 aliphatic carbocycles. The monoisotopic (exact) mass is 211 g/mol. The maximum Gasteiger partial charge on any atom is 0.132 e. The van der Waals surface area contributed by atoms with E-state index < -0.39 is 0 Å². The standard InChI is InChI=1S/C10H14ClN3/c1-7(2)6-9-13-8(4-5-12)10(11)14(9)3/h7H,4,6H2,1-3H3. The fourth-order valence-electron chi connectivity index (χ4n) is 1.32. The molecule has 1 aromatic rings. The van der Waals surface area contributed by atoms with E-state index in [0.29, 0.717) is 16.8 Å². The Balaban J connectivity index is 2.97. The third-order valence-corrected chi connectivity index (χ3v) is 2.49. The van der Waals surface area contributed by atoms with E-state index in [-0.39, 0.29) is 6.42 Å². The predicted molar refractivity (Wildman–Crippen MR) is 56.1 cm³/mol. The van der Waals surface area contributed by atoms with Gasteiger partial charge >= 0.3 is 0 Å². The zero-order valence-electron chi connectivity index (χ0n) is 8.71. The average Bonchev–Trinajstić information content (AvgIpc) is 2.34. The number of hydrogen-bond donors (Lipinski definition) is 0. The van der Waals surface area contributed by atoms with Crippen LogP contribution in [-0.4, -0.2) is 9.55 Å². The highest BCUT2D eigenvalue weighted by molar-refractivity contribution is 6.30. The van der Waals surface area contributed by atoms with Gasteiger partial charge in [-0.2, -0.15) is 5.26 Å². The number of nitriles is 1. The van der Waals surface area contributed by atoms with Gasteiger partial charge in [0.05, 0.1) is 18.2 Å². The van der Waals surface area contributed by atoms with E-state index in [9.17, 15) is 0 Å². The van der Waals surface area contributed by atoms with Crippen molar-refractivity contribution in [3.63, 3.8) is 0 Å². The maximum absolute atomic E-state index is 8.57. The highest BCUT2D eigenvalue weighted by Gasteiger charge is 2.12. The number of halogens is 1. The van der Waals surface area contributed by atoms with Crippen molar-refractivity contribution < 1.29 is 0 Å². The summed E-state index contributed by atoms with van der Waals surface area (Å²) in [6.45, 7) is 4.26. The lowest BCUT2D eigenvalue weighted by Gasteiger charge is -2.04. The first-order valence-corrected chi connectivity index (χ1v) is 5.01. The zero-order valence-corrected chi connectivity index (χ0v) is 9.47. The molecule has 0 aliphatic heterocycles. The summed E-state index contributed by atoms with van der Waals surface area (Å²) in [5.41, 5.74) is 0.687. The minimum absolute atomic E-state index is 0.283. The molecule has 0 amide bonds. The van der Waals surface area contributed by atoms with E-state index in [1.54, 1.807) is 0 Å². The Morgan fingerprint density at radius 1 is 1.57 bits per heavy atom. The average molecular weight is 212 g/mol. The van der Waals surface area contributed by atoms with Gasteiger partial charge in [0.15, 0.2) is 0 Å². The Labute approximate surface area is 89.3 Å². The summed E-state index contributed by atoms with van der Waals surface area (Å²) in [5.74, 6) is 1.50. The first-order valence-electron chi connectivity index (χ1n) is 4.63. The number of nitrogens with zero attached hydrogens (tertiary/aromatic N) is 3. The molecule has 0 saturated heterocycles. The molecule has 0 saturated carbocycles. The zero-order chi connectivity index (χ0) is 10.7. The highest BCUT2D eigenvalue weighted by atomic mass is 35.5. The summed E-state index contributed by atoms with van der Waals surface area (Å²) < 4.78 is 1.86. The molecule has 0 unspecified atom stereocenters. The van der Waals surface area contributed by atoms with Crippen LogP contribution in [0, 0.1) is 17.2 Å². The molecule has 14 heavy (non-hydrogen) atoms. The molecule has 1 rings (SSSR count). The van der Waals surface area contributed by atoms with E-state index in [1.807, 2.05) is 11.6 Å². The summed E-state index contributed by atoms with van der Waals surface area (Å²) in [4.78, 5) is 4.35. The lowest BCUT2D eigenvalue weighted by atomic mass is 10.1. The van der Waals surface area contributed by atoms with Crippen LogP contribution in [0.1, 0.15) is 25.4 Å². The maximum atomic E-state index is 8.57. The molecule has 4 heteroatoms. The van der Waals surface area contributed by atoms with Gasteiger partial charge in [0.1, 0.15) is 11.0 Å². The van der Waals surface area contributed by atoms with E-state index in [1.165, 1.54) is 0 Å². The minimum atomic E-state index is 0.283. The van der Waals surface area contributed by atoms with Crippen LogP contribution in [0.15, 0.2) is 0 Å². The molecule has 1 heterocycles.